The van der Waals surface area contributed by atoms with Crippen LogP contribution in [0.25, 0.3) is 0 Å². The lowest BCUT2D eigenvalue weighted by Gasteiger charge is -2.15. The number of nitrogens with two attached hydrogens (primary N) is 1. The Hall–Kier alpha value is -0.860. The monoisotopic (exact) mass is 355 g/mol. The van der Waals surface area contributed by atoms with E-state index in [1.807, 2.05) is 0 Å². The molecule has 0 saturated heterocycles. The van der Waals surface area contributed by atoms with Crippen LogP contribution in [-0.4, -0.2) is 4.98 Å². The number of aromatic nitrogens is 1. The molecule has 2 aromatic rings. The lowest BCUT2D eigenvalue weighted by molar-refractivity contribution is -0.137. The van der Waals surface area contributed by atoms with Gasteiger partial charge in [0.05, 0.1) is 6.04 Å². The zero-order valence-corrected chi connectivity index (χ0v) is 12.7. The SMILES string of the molecule is NNC(Cc1ccc(Cl)cc1Cl)c1cnc(C(F)(F)F)s1. The Morgan fingerprint density at radius 3 is 2.57 bits per heavy atom. The van der Waals surface area contributed by atoms with Crippen LogP contribution in [0.5, 0.6) is 0 Å². The van der Waals surface area contributed by atoms with Gasteiger partial charge < -0.3 is 0 Å². The molecule has 1 aromatic carbocycles. The van der Waals surface area contributed by atoms with Crippen LogP contribution in [-0.2, 0) is 12.6 Å². The number of benzene rings is 1. The maximum Gasteiger partial charge on any atom is 0.443 e. The molecular weight excluding hydrogens is 346 g/mol. The Morgan fingerprint density at radius 2 is 2.05 bits per heavy atom. The van der Waals surface area contributed by atoms with Crippen LogP contribution >= 0.6 is 34.5 Å². The van der Waals surface area contributed by atoms with Crippen LogP contribution < -0.4 is 11.3 Å². The van der Waals surface area contributed by atoms with E-state index in [1.165, 1.54) is 6.20 Å². The van der Waals surface area contributed by atoms with Crippen molar-refractivity contribution in [2.24, 2.45) is 5.84 Å². The summed E-state index contributed by atoms with van der Waals surface area (Å²) < 4.78 is 37.7. The third-order valence-electron chi connectivity index (χ3n) is 2.75. The third kappa shape index (κ3) is 4.08. The minimum atomic E-state index is -4.46. The molecule has 0 amide bonds. The summed E-state index contributed by atoms with van der Waals surface area (Å²) in [5, 5.41) is 0.0152. The first-order valence-corrected chi connectivity index (χ1v) is 7.31. The number of hydrogen-bond acceptors (Lipinski definition) is 4. The van der Waals surface area contributed by atoms with Crippen LogP contribution in [0.2, 0.25) is 10.0 Å². The van der Waals surface area contributed by atoms with Gasteiger partial charge in [0, 0.05) is 21.1 Å². The van der Waals surface area contributed by atoms with Crippen molar-refractivity contribution in [2.75, 3.05) is 0 Å². The van der Waals surface area contributed by atoms with E-state index >= 15 is 0 Å². The first-order valence-electron chi connectivity index (χ1n) is 5.74. The van der Waals surface area contributed by atoms with Crippen molar-refractivity contribution in [2.45, 2.75) is 18.6 Å². The van der Waals surface area contributed by atoms with Gasteiger partial charge in [-0.25, -0.2) is 4.98 Å². The summed E-state index contributed by atoms with van der Waals surface area (Å²) in [5.74, 6) is 5.43. The maximum atomic E-state index is 12.6. The number of halogens is 5. The zero-order valence-electron chi connectivity index (χ0n) is 10.4. The van der Waals surface area contributed by atoms with E-state index in [4.69, 9.17) is 29.0 Å². The largest absolute Gasteiger partial charge is 0.443 e. The summed E-state index contributed by atoms with van der Waals surface area (Å²) >= 11 is 12.4. The van der Waals surface area contributed by atoms with Crippen LogP contribution in [0.3, 0.4) is 0 Å². The zero-order chi connectivity index (χ0) is 15.6. The fourth-order valence-corrected chi connectivity index (χ4v) is 3.06. The summed E-state index contributed by atoms with van der Waals surface area (Å²) in [6.45, 7) is 0. The number of thiazole rings is 1. The van der Waals surface area contributed by atoms with Gasteiger partial charge in [-0.1, -0.05) is 29.3 Å². The highest BCUT2D eigenvalue weighted by molar-refractivity contribution is 7.11. The molecule has 0 spiro atoms. The average molecular weight is 356 g/mol. The second-order valence-corrected chi connectivity index (χ2v) is 6.13. The van der Waals surface area contributed by atoms with Crippen molar-refractivity contribution in [3.63, 3.8) is 0 Å². The molecule has 0 aliphatic carbocycles. The van der Waals surface area contributed by atoms with Crippen LogP contribution in [0.1, 0.15) is 21.5 Å². The number of hydrogen-bond donors (Lipinski definition) is 2. The molecule has 3 nitrogen and oxygen atoms in total. The Morgan fingerprint density at radius 1 is 1.33 bits per heavy atom. The number of hydrazine groups is 1. The molecule has 1 atom stereocenters. The highest BCUT2D eigenvalue weighted by atomic mass is 35.5. The van der Waals surface area contributed by atoms with E-state index in [9.17, 15) is 13.2 Å². The van der Waals surface area contributed by atoms with Crippen LogP contribution in [0.15, 0.2) is 24.4 Å². The van der Waals surface area contributed by atoms with Gasteiger partial charge in [0.25, 0.3) is 0 Å². The third-order valence-corrected chi connectivity index (χ3v) is 4.49. The van der Waals surface area contributed by atoms with E-state index in [-0.39, 0.29) is 0 Å². The molecule has 0 bridgehead atoms. The highest BCUT2D eigenvalue weighted by Gasteiger charge is 2.35. The molecular formula is C12H10Cl2F3N3S. The fraction of sp³-hybridized carbons (Fsp3) is 0.250. The van der Waals surface area contributed by atoms with Crippen molar-refractivity contribution < 1.29 is 13.2 Å². The summed E-state index contributed by atoms with van der Waals surface area (Å²) in [4.78, 5) is 3.76. The molecule has 0 saturated carbocycles. The van der Waals surface area contributed by atoms with Crippen LogP contribution in [0.4, 0.5) is 13.2 Å². The van der Waals surface area contributed by atoms with Gasteiger partial charge in [0.15, 0.2) is 5.01 Å². The number of nitrogens with one attached hydrogen (secondary N) is 1. The number of nitrogens with zero attached hydrogens (tertiary/aromatic N) is 1. The van der Waals surface area contributed by atoms with Gasteiger partial charge in [-0.05, 0) is 24.1 Å². The lowest BCUT2D eigenvalue weighted by atomic mass is 10.1. The Kier molecular flexibility index (Phi) is 5.11. The van der Waals surface area contributed by atoms with E-state index in [0.717, 1.165) is 5.56 Å². The first-order chi connectivity index (χ1) is 9.81. The van der Waals surface area contributed by atoms with E-state index in [2.05, 4.69) is 10.4 Å². The summed E-state index contributed by atoms with van der Waals surface area (Å²) in [5.41, 5.74) is 3.21. The number of rotatable bonds is 4. The molecule has 114 valence electrons. The molecule has 3 N–H and O–H groups in total. The van der Waals surface area contributed by atoms with E-state index < -0.39 is 17.2 Å². The molecule has 0 radical (unpaired) electrons. The van der Waals surface area contributed by atoms with Crippen LogP contribution in [0, 0.1) is 0 Å². The molecule has 0 aliphatic rings. The Labute approximate surface area is 132 Å². The molecule has 21 heavy (non-hydrogen) atoms. The van der Waals surface area contributed by atoms with Crippen molar-refractivity contribution in [1.29, 1.82) is 0 Å². The van der Waals surface area contributed by atoms with Gasteiger partial charge in [-0.2, -0.15) is 13.2 Å². The van der Waals surface area contributed by atoms with Crippen molar-refractivity contribution in [3.8, 4) is 0 Å². The molecule has 0 aliphatic heterocycles. The maximum absolute atomic E-state index is 12.6. The molecule has 1 aromatic heterocycles. The predicted molar refractivity (Wildman–Crippen MR) is 77.3 cm³/mol. The summed E-state index contributed by atoms with van der Waals surface area (Å²) in [7, 11) is 0. The Bertz CT molecular complexity index is 630. The second kappa shape index (κ2) is 6.50. The molecule has 1 unspecified atom stereocenters. The quantitative estimate of drug-likeness (QED) is 0.637. The normalized spacial score (nSPS) is 13.4. The topological polar surface area (TPSA) is 50.9 Å². The van der Waals surface area contributed by atoms with Crippen molar-refractivity contribution in [1.82, 2.24) is 10.4 Å². The molecule has 1 heterocycles. The molecule has 0 fully saturated rings. The summed E-state index contributed by atoms with van der Waals surface area (Å²) in [6, 6.07) is 4.42. The van der Waals surface area contributed by atoms with E-state index in [1.54, 1.807) is 18.2 Å². The Balaban J connectivity index is 2.22. The number of alkyl halides is 3. The lowest BCUT2D eigenvalue weighted by Crippen LogP contribution is -2.29. The standard InChI is InChI=1S/C12H10Cl2F3N3S/c13-7-2-1-6(8(14)4-7)3-9(20-18)10-5-19-11(21-10)12(15,16)17/h1-2,4-5,9,20H,3,18H2. The highest BCUT2D eigenvalue weighted by Crippen LogP contribution is 2.35. The second-order valence-electron chi connectivity index (χ2n) is 4.22. The van der Waals surface area contributed by atoms with Gasteiger partial charge in [-0.3, -0.25) is 11.3 Å². The minimum Gasteiger partial charge on any atom is -0.271 e. The van der Waals surface area contributed by atoms with Gasteiger partial charge >= 0.3 is 6.18 Å². The molecule has 9 heteroatoms. The smallest absolute Gasteiger partial charge is 0.271 e. The predicted octanol–water partition coefficient (Wildman–Crippen LogP) is 4.22. The van der Waals surface area contributed by atoms with E-state index in [0.29, 0.717) is 32.7 Å². The molecule has 2 rings (SSSR count). The minimum absolute atomic E-state index is 0.325. The fourth-order valence-electron chi connectivity index (χ4n) is 1.73. The van der Waals surface area contributed by atoms with Crippen molar-refractivity contribution in [3.05, 3.63) is 49.9 Å². The average Bonchev–Trinajstić information content (AvgIpc) is 2.87. The summed E-state index contributed by atoms with van der Waals surface area (Å²) in [6.07, 6.45) is -2.96. The van der Waals surface area contributed by atoms with Crippen molar-refractivity contribution >= 4 is 34.5 Å². The van der Waals surface area contributed by atoms with Gasteiger partial charge in [-0.15, -0.1) is 11.3 Å². The van der Waals surface area contributed by atoms with Gasteiger partial charge in [0.1, 0.15) is 0 Å². The van der Waals surface area contributed by atoms with Gasteiger partial charge in [0.2, 0.25) is 0 Å². The first kappa shape index (κ1) is 16.5.